The van der Waals surface area contributed by atoms with Gasteiger partial charge in [0.25, 0.3) is 0 Å². The average Bonchev–Trinajstić information content (AvgIpc) is 2.54. The standard InChI is InChI=1S/C13H24/c1-7-11(4)8-13(10(2)3)9-12(13,5)6/h10H,4,7-9H2,1-3,5-6H3. The molecule has 0 aliphatic heterocycles. The quantitative estimate of drug-likeness (QED) is 0.562. The lowest BCUT2D eigenvalue weighted by Gasteiger charge is -2.25. The van der Waals surface area contributed by atoms with E-state index in [0.29, 0.717) is 10.8 Å². The summed E-state index contributed by atoms with van der Waals surface area (Å²) < 4.78 is 0. The molecular formula is C13H24. The Morgan fingerprint density at radius 2 is 1.85 bits per heavy atom. The van der Waals surface area contributed by atoms with Crippen LogP contribution in [0.1, 0.15) is 53.9 Å². The molecule has 0 heteroatoms. The first-order valence-electron chi connectivity index (χ1n) is 5.52. The zero-order valence-electron chi connectivity index (χ0n) is 9.91. The van der Waals surface area contributed by atoms with Gasteiger partial charge in [-0.15, -0.1) is 0 Å². The SMILES string of the molecule is C=C(CC)CC1(C(C)C)CC1(C)C. The minimum Gasteiger partial charge on any atom is -0.0999 e. The van der Waals surface area contributed by atoms with Crippen molar-refractivity contribution >= 4 is 0 Å². The van der Waals surface area contributed by atoms with Gasteiger partial charge < -0.3 is 0 Å². The maximum absolute atomic E-state index is 4.15. The Balaban J connectivity index is 2.68. The van der Waals surface area contributed by atoms with Gasteiger partial charge in [-0.3, -0.25) is 0 Å². The molecule has 76 valence electrons. The van der Waals surface area contributed by atoms with Crippen molar-refractivity contribution in [2.24, 2.45) is 16.7 Å². The van der Waals surface area contributed by atoms with Crippen molar-refractivity contribution < 1.29 is 0 Å². The van der Waals surface area contributed by atoms with Gasteiger partial charge in [-0.1, -0.05) is 46.8 Å². The van der Waals surface area contributed by atoms with E-state index in [9.17, 15) is 0 Å². The number of hydrogen-bond donors (Lipinski definition) is 0. The second kappa shape index (κ2) is 3.15. The van der Waals surface area contributed by atoms with Gasteiger partial charge in [-0.25, -0.2) is 0 Å². The smallest absolute Gasteiger partial charge is 0.0181 e. The summed E-state index contributed by atoms with van der Waals surface area (Å²) in [5, 5.41) is 0. The van der Waals surface area contributed by atoms with Crippen LogP contribution in [0.25, 0.3) is 0 Å². The Morgan fingerprint density at radius 1 is 1.38 bits per heavy atom. The largest absolute Gasteiger partial charge is 0.0999 e. The first-order chi connectivity index (χ1) is 5.85. The first-order valence-corrected chi connectivity index (χ1v) is 5.52. The zero-order chi connectivity index (χ0) is 10.3. The molecule has 0 spiro atoms. The van der Waals surface area contributed by atoms with Crippen LogP contribution in [0.15, 0.2) is 12.2 Å². The lowest BCUT2D eigenvalue weighted by Crippen LogP contribution is -2.17. The van der Waals surface area contributed by atoms with Gasteiger partial charge in [-0.2, -0.15) is 0 Å². The zero-order valence-corrected chi connectivity index (χ0v) is 9.91. The highest BCUT2D eigenvalue weighted by molar-refractivity contribution is 5.16. The molecule has 1 rings (SSSR count). The Bertz CT molecular complexity index is 210. The summed E-state index contributed by atoms with van der Waals surface area (Å²) in [7, 11) is 0. The molecule has 0 radical (unpaired) electrons. The lowest BCUT2D eigenvalue weighted by atomic mass is 9.79. The van der Waals surface area contributed by atoms with E-state index in [0.717, 1.165) is 12.3 Å². The summed E-state index contributed by atoms with van der Waals surface area (Å²) in [4.78, 5) is 0. The molecule has 1 atom stereocenters. The molecule has 0 N–H and O–H groups in total. The van der Waals surface area contributed by atoms with Crippen LogP contribution in [-0.2, 0) is 0 Å². The summed E-state index contributed by atoms with van der Waals surface area (Å²) >= 11 is 0. The predicted molar refractivity (Wildman–Crippen MR) is 59.7 cm³/mol. The maximum atomic E-state index is 4.15. The maximum Gasteiger partial charge on any atom is -0.0181 e. The average molecular weight is 180 g/mol. The second-order valence-electron chi connectivity index (χ2n) is 5.65. The molecular weight excluding hydrogens is 156 g/mol. The molecule has 0 nitrogen and oxygen atoms in total. The van der Waals surface area contributed by atoms with E-state index in [1.54, 1.807) is 0 Å². The van der Waals surface area contributed by atoms with Crippen molar-refractivity contribution in [3.8, 4) is 0 Å². The molecule has 0 heterocycles. The molecule has 1 fully saturated rings. The molecule has 0 aromatic heterocycles. The van der Waals surface area contributed by atoms with Crippen LogP contribution in [0.4, 0.5) is 0 Å². The molecule has 1 aliphatic rings. The highest BCUT2D eigenvalue weighted by atomic mass is 14.7. The first kappa shape index (κ1) is 10.8. The van der Waals surface area contributed by atoms with Gasteiger partial charge in [0.1, 0.15) is 0 Å². The number of allylic oxidation sites excluding steroid dienone is 1. The van der Waals surface area contributed by atoms with Crippen LogP contribution in [-0.4, -0.2) is 0 Å². The molecule has 1 unspecified atom stereocenters. The minimum atomic E-state index is 0.555. The molecule has 1 saturated carbocycles. The third-order valence-corrected chi connectivity index (χ3v) is 4.15. The van der Waals surface area contributed by atoms with Crippen molar-refractivity contribution in [1.29, 1.82) is 0 Å². The third-order valence-electron chi connectivity index (χ3n) is 4.15. The van der Waals surface area contributed by atoms with Crippen LogP contribution in [0.2, 0.25) is 0 Å². The summed E-state index contributed by atoms with van der Waals surface area (Å²) in [6.07, 6.45) is 3.77. The van der Waals surface area contributed by atoms with Crippen molar-refractivity contribution in [3.05, 3.63) is 12.2 Å². The van der Waals surface area contributed by atoms with Gasteiger partial charge in [0.2, 0.25) is 0 Å². The molecule has 1 aliphatic carbocycles. The van der Waals surface area contributed by atoms with E-state index in [1.807, 2.05) is 0 Å². The van der Waals surface area contributed by atoms with Gasteiger partial charge in [0.05, 0.1) is 0 Å². The number of rotatable bonds is 4. The van der Waals surface area contributed by atoms with E-state index < -0.39 is 0 Å². The van der Waals surface area contributed by atoms with Crippen LogP contribution >= 0.6 is 0 Å². The normalized spacial score (nSPS) is 30.6. The van der Waals surface area contributed by atoms with Gasteiger partial charge >= 0.3 is 0 Å². The highest BCUT2D eigenvalue weighted by Gasteiger charge is 2.61. The van der Waals surface area contributed by atoms with E-state index >= 15 is 0 Å². The summed E-state index contributed by atoms with van der Waals surface area (Å²) in [6.45, 7) is 15.9. The van der Waals surface area contributed by atoms with Gasteiger partial charge in [0, 0.05) is 0 Å². The van der Waals surface area contributed by atoms with Crippen LogP contribution < -0.4 is 0 Å². The topological polar surface area (TPSA) is 0 Å². The molecule has 13 heavy (non-hydrogen) atoms. The fourth-order valence-electron chi connectivity index (χ4n) is 2.81. The third kappa shape index (κ3) is 1.68. The van der Waals surface area contributed by atoms with Crippen molar-refractivity contribution in [3.63, 3.8) is 0 Å². The van der Waals surface area contributed by atoms with Gasteiger partial charge in [-0.05, 0) is 36.0 Å². The summed E-state index contributed by atoms with van der Waals surface area (Å²) in [5.74, 6) is 0.797. The monoisotopic (exact) mass is 180 g/mol. The minimum absolute atomic E-state index is 0.555. The van der Waals surface area contributed by atoms with Crippen molar-refractivity contribution in [2.75, 3.05) is 0 Å². The van der Waals surface area contributed by atoms with Crippen molar-refractivity contribution in [1.82, 2.24) is 0 Å². The van der Waals surface area contributed by atoms with Crippen LogP contribution in [0.5, 0.6) is 0 Å². The Hall–Kier alpha value is -0.260. The summed E-state index contributed by atoms with van der Waals surface area (Å²) in [5.41, 5.74) is 2.55. The van der Waals surface area contributed by atoms with Crippen molar-refractivity contribution in [2.45, 2.75) is 53.9 Å². The Kier molecular flexibility index (Phi) is 2.62. The lowest BCUT2D eigenvalue weighted by molar-refractivity contribution is 0.275. The highest BCUT2D eigenvalue weighted by Crippen LogP contribution is 2.70. The Morgan fingerprint density at radius 3 is 2.08 bits per heavy atom. The predicted octanol–water partition coefficient (Wildman–Crippen LogP) is 4.42. The van der Waals surface area contributed by atoms with E-state index in [-0.39, 0.29) is 0 Å². The fraction of sp³-hybridized carbons (Fsp3) is 0.846. The molecule has 0 bridgehead atoms. The van der Waals surface area contributed by atoms with E-state index in [1.165, 1.54) is 18.4 Å². The molecule has 0 aromatic rings. The van der Waals surface area contributed by atoms with Gasteiger partial charge in [0.15, 0.2) is 0 Å². The molecule has 0 aromatic carbocycles. The Labute approximate surface area is 83.4 Å². The molecule has 0 amide bonds. The van der Waals surface area contributed by atoms with Crippen LogP contribution in [0.3, 0.4) is 0 Å². The van der Waals surface area contributed by atoms with E-state index in [4.69, 9.17) is 0 Å². The second-order valence-corrected chi connectivity index (χ2v) is 5.65. The van der Waals surface area contributed by atoms with E-state index in [2.05, 4.69) is 41.2 Å². The molecule has 0 saturated heterocycles. The fourth-order valence-corrected chi connectivity index (χ4v) is 2.81. The summed E-state index contributed by atoms with van der Waals surface area (Å²) in [6, 6.07) is 0. The number of hydrogen-bond acceptors (Lipinski definition) is 0. The van der Waals surface area contributed by atoms with Crippen LogP contribution in [0, 0.1) is 16.7 Å².